The SMILES string of the molecule is COCc1ccc2c(c1)sc1ncc(CO)n12. The van der Waals surface area contributed by atoms with E-state index in [9.17, 15) is 5.11 Å². The predicted molar refractivity (Wildman–Crippen MR) is 67.2 cm³/mol. The van der Waals surface area contributed by atoms with Crippen LogP contribution in [0.15, 0.2) is 24.4 Å². The first-order valence-corrected chi connectivity index (χ1v) is 6.12. The molecule has 2 heterocycles. The lowest BCUT2D eigenvalue weighted by atomic mass is 10.2. The van der Waals surface area contributed by atoms with Gasteiger partial charge in [-0.15, -0.1) is 0 Å². The summed E-state index contributed by atoms with van der Waals surface area (Å²) >= 11 is 1.62. The van der Waals surface area contributed by atoms with Gasteiger partial charge in [0.2, 0.25) is 0 Å². The third kappa shape index (κ3) is 1.63. The van der Waals surface area contributed by atoms with Crippen molar-refractivity contribution in [2.24, 2.45) is 0 Å². The quantitative estimate of drug-likeness (QED) is 0.773. The van der Waals surface area contributed by atoms with E-state index in [0.29, 0.717) is 6.61 Å². The molecule has 1 aromatic carbocycles. The van der Waals surface area contributed by atoms with Crippen molar-refractivity contribution < 1.29 is 9.84 Å². The van der Waals surface area contributed by atoms with Crippen molar-refractivity contribution in [3.8, 4) is 0 Å². The van der Waals surface area contributed by atoms with Gasteiger partial charge in [-0.25, -0.2) is 4.98 Å². The lowest BCUT2D eigenvalue weighted by molar-refractivity contribution is 0.185. The van der Waals surface area contributed by atoms with Crippen molar-refractivity contribution in [1.82, 2.24) is 9.38 Å². The molecular formula is C12H12N2O2S. The van der Waals surface area contributed by atoms with Crippen LogP contribution in [0.25, 0.3) is 15.2 Å². The van der Waals surface area contributed by atoms with Crippen molar-refractivity contribution in [2.45, 2.75) is 13.2 Å². The van der Waals surface area contributed by atoms with Gasteiger partial charge in [-0.3, -0.25) is 4.40 Å². The number of imidazole rings is 1. The van der Waals surface area contributed by atoms with E-state index >= 15 is 0 Å². The number of nitrogens with zero attached hydrogens (tertiary/aromatic N) is 2. The molecule has 0 amide bonds. The summed E-state index contributed by atoms with van der Waals surface area (Å²) in [6.07, 6.45) is 1.72. The maximum atomic E-state index is 9.26. The lowest BCUT2D eigenvalue weighted by Gasteiger charge is -2.00. The van der Waals surface area contributed by atoms with E-state index in [-0.39, 0.29) is 6.61 Å². The zero-order chi connectivity index (χ0) is 11.8. The van der Waals surface area contributed by atoms with Crippen LogP contribution in [0.1, 0.15) is 11.3 Å². The zero-order valence-electron chi connectivity index (χ0n) is 9.38. The van der Waals surface area contributed by atoms with Gasteiger partial charge in [-0.2, -0.15) is 0 Å². The highest BCUT2D eigenvalue weighted by atomic mass is 32.1. The molecule has 0 radical (unpaired) electrons. The summed E-state index contributed by atoms with van der Waals surface area (Å²) in [5.74, 6) is 0. The Kier molecular flexibility index (Phi) is 2.58. The second-order valence-electron chi connectivity index (χ2n) is 3.86. The van der Waals surface area contributed by atoms with Gasteiger partial charge in [-0.1, -0.05) is 17.4 Å². The number of ether oxygens (including phenoxy) is 1. The van der Waals surface area contributed by atoms with E-state index in [0.717, 1.165) is 26.4 Å². The van der Waals surface area contributed by atoms with Gasteiger partial charge in [0, 0.05) is 7.11 Å². The molecule has 0 aliphatic rings. The van der Waals surface area contributed by atoms with Gasteiger partial charge in [-0.05, 0) is 17.7 Å². The molecule has 88 valence electrons. The molecule has 17 heavy (non-hydrogen) atoms. The molecule has 2 aromatic heterocycles. The standard InChI is InChI=1S/C12H12N2O2S/c1-16-7-8-2-3-10-11(4-8)17-12-13-5-9(6-15)14(10)12/h2-5,15H,6-7H2,1H3. The van der Waals surface area contributed by atoms with Gasteiger partial charge in [0.25, 0.3) is 0 Å². The first kappa shape index (κ1) is 10.7. The minimum Gasteiger partial charge on any atom is -0.390 e. The van der Waals surface area contributed by atoms with Gasteiger partial charge in [0.1, 0.15) is 0 Å². The molecule has 0 atom stereocenters. The fraction of sp³-hybridized carbons (Fsp3) is 0.250. The molecule has 3 aromatic rings. The van der Waals surface area contributed by atoms with E-state index in [4.69, 9.17) is 4.74 Å². The number of hydrogen-bond acceptors (Lipinski definition) is 4. The number of aliphatic hydroxyl groups excluding tert-OH is 1. The van der Waals surface area contributed by atoms with Gasteiger partial charge >= 0.3 is 0 Å². The van der Waals surface area contributed by atoms with E-state index in [2.05, 4.69) is 11.1 Å². The van der Waals surface area contributed by atoms with Crippen molar-refractivity contribution in [2.75, 3.05) is 7.11 Å². The fourth-order valence-corrected chi connectivity index (χ4v) is 3.07. The normalized spacial score (nSPS) is 11.6. The van der Waals surface area contributed by atoms with Gasteiger partial charge < -0.3 is 9.84 Å². The van der Waals surface area contributed by atoms with Gasteiger partial charge in [0.05, 0.1) is 35.3 Å². The first-order valence-electron chi connectivity index (χ1n) is 5.31. The Bertz CT molecular complexity index is 672. The molecule has 0 fully saturated rings. The molecule has 0 spiro atoms. The number of hydrogen-bond donors (Lipinski definition) is 1. The maximum Gasteiger partial charge on any atom is 0.194 e. The molecule has 0 unspecified atom stereocenters. The Morgan fingerprint density at radius 2 is 2.35 bits per heavy atom. The number of aromatic nitrogens is 2. The average molecular weight is 248 g/mol. The molecular weight excluding hydrogens is 236 g/mol. The number of rotatable bonds is 3. The molecule has 0 aliphatic heterocycles. The Balaban J connectivity index is 2.26. The number of benzene rings is 1. The van der Waals surface area contributed by atoms with E-state index in [1.54, 1.807) is 24.6 Å². The Morgan fingerprint density at radius 3 is 3.12 bits per heavy atom. The highest BCUT2D eigenvalue weighted by Gasteiger charge is 2.10. The van der Waals surface area contributed by atoms with Crippen LogP contribution in [0.3, 0.4) is 0 Å². The Morgan fingerprint density at radius 1 is 1.47 bits per heavy atom. The molecule has 5 heteroatoms. The minimum atomic E-state index is 0.00677. The monoisotopic (exact) mass is 248 g/mol. The molecule has 0 aliphatic carbocycles. The fourth-order valence-electron chi connectivity index (χ4n) is 1.99. The van der Waals surface area contributed by atoms with Crippen LogP contribution >= 0.6 is 11.3 Å². The largest absolute Gasteiger partial charge is 0.390 e. The van der Waals surface area contributed by atoms with Crippen LogP contribution in [0, 0.1) is 0 Å². The third-order valence-electron chi connectivity index (χ3n) is 2.74. The van der Waals surface area contributed by atoms with Crippen molar-refractivity contribution >= 4 is 26.5 Å². The highest BCUT2D eigenvalue weighted by molar-refractivity contribution is 7.23. The highest BCUT2D eigenvalue weighted by Crippen LogP contribution is 2.28. The Labute approximate surface area is 102 Å². The molecule has 4 nitrogen and oxygen atoms in total. The zero-order valence-corrected chi connectivity index (χ0v) is 10.2. The number of thiazole rings is 1. The minimum absolute atomic E-state index is 0.00677. The lowest BCUT2D eigenvalue weighted by Crippen LogP contribution is -1.91. The summed E-state index contributed by atoms with van der Waals surface area (Å²) in [6, 6.07) is 6.20. The summed E-state index contributed by atoms with van der Waals surface area (Å²) in [5, 5.41) is 9.26. The molecule has 3 rings (SSSR count). The Hall–Kier alpha value is -1.43. The van der Waals surface area contributed by atoms with E-state index in [1.807, 2.05) is 16.5 Å². The predicted octanol–water partition coefficient (Wildman–Crippen LogP) is 2.19. The van der Waals surface area contributed by atoms with Crippen molar-refractivity contribution in [3.63, 3.8) is 0 Å². The second-order valence-corrected chi connectivity index (χ2v) is 4.87. The summed E-state index contributed by atoms with van der Waals surface area (Å²) < 4.78 is 8.28. The van der Waals surface area contributed by atoms with E-state index < -0.39 is 0 Å². The summed E-state index contributed by atoms with van der Waals surface area (Å²) in [6.45, 7) is 0.621. The topological polar surface area (TPSA) is 46.8 Å². The number of aliphatic hydroxyl groups is 1. The molecule has 0 bridgehead atoms. The first-order chi connectivity index (χ1) is 8.33. The van der Waals surface area contributed by atoms with Crippen LogP contribution in [0.2, 0.25) is 0 Å². The van der Waals surface area contributed by atoms with Crippen molar-refractivity contribution in [1.29, 1.82) is 0 Å². The summed E-state index contributed by atoms with van der Waals surface area (Å²) in [7, 11) is 1.69. The van der Waals surface area contributed by atoms with Crippen LogP contribution in [0.4, 0.5) is 0 Å². The van der Waals surface area contributed by atoms with Crippen molar-refractivity contribution in [3.05, 3.63) is 35.7 Å². The molecule has 1 N–H and O–H groups in total. The number of methoxy groups -OCH3 is 1. The van der Waals surface area contributed by atoms with Gasteiger partial charge in [0.15, 0.2) is 4.96 Å². The van der Waals surface area contributed by atoms with Crippen LogP contribution < -0.4 is 0 Å². The summed E-state index contributed by atoms with van der Waals surface area (Å²) in [4.78, 5) is 5.21. The van der Waals surface area contributed by atoms with Crippen LogP contribution in [-0.2, 0) is 18.0 Å². The van der Waals surface area contributed by atoms with Crippen LogP contribution in [-0.4, -0.2) is 21.6 Å². The second kappa shape index (κ2) is 4.10. The third-order valence-corrected chi connectivity index (χ3v) is 3.76. The van der Waals surface area contributed by atoms with Crippen LogP contribution in [0.5, 0.6) is 0 Å². The number of fused-ring (bicyclic) bond motifs is 3. The molecule has 0 saturated carbocycles. The van der Waals surface area contributed by atoms with E-state index in [1.165, 1.54) is 0 Å². The summed E-state index contributed by atoms with van der Waals surface area (Å²) in [5.41, 5.74) is 3.06. The maximum absolute atomic E-state index is 9.26. The molecule has 0 saturated heterocycles. The smallest absolute Gasteiger partial charge is 0.194 e. The average Bonchev–Trinajstić information content (AvgIpc) is 2.87.